The lowest BCUT2D eigenvalue weighted by atomic mass is 10.2. The van der Waals surface area contributed by atoms with Crippen LogP contribution in [0.15, 0.2) is 34.2 Å². The first-order valence-corrected chi connectivity index (χ1v) is 6.31. The number of hydrogen-bond donors (Lipinski definition) is 1. The molecule has 2 heterocycles. The van der Waals surface area contributed by atoms with Gasteiger partial charge in [-0.15, -0.1) is 11.3 Å². The topological polar surface area (TPSA) is 46.3 Å². The summed E-state index contributed by atoms with van der Waals surface area (Å²) in [6.07, 6.45) is -0.899. The van der Waals surface area contributed by atoms with Crippen LogP contribution in [0, 0.1) is 12.7 Å². The number of nitrogens with zero attached hydrogens (tertiary/aromatic N) is 1. The van der Waals surface area contributed by atoms with Crippen molar-refractivity contribution in [1.82, 2.24) is 4.98 Å². The van der Waals surface area contributed by atoms with E-state index in [-0.39, 0.29) is 5.58 Å². The maximum Gasteiger partial charge on any atom is 0.170 e. The molecule has 1 N–H and O–H groups in total. The third-order valence-electron chi connectivity index (χ3n) is 2.82. The number of aliphatic hydroxyl groups excluding tert-OH is 1. The number of aryl methyl sites for hydroxylation is 1. The molecule has 0 bridgehead atoms. The zero-order valence-corrected chi connectivity index (χ0v) is 10.4. The van der Waals surface area contributed by atoms with Crippen molar-refractivity contribution in [1.29, 1.82) is 0 Å². The molecule has 0 aliphatic rings. The molecule has 0 aliphatic heterocycles. The van der Waals surface area contributed by atoms with Gasteiger partial charge in [0.2, 0.25) is 0 Å². The normalized spacial score (nSPS) is 13.1. The fraction of sp³-hybridized carbons (Fsp3) is 0.154. The highest BCUT2D eigenvalue weighted by Crippen LogP contribution is 2.32. The first kappa shape index (κ1) is 11.4. The van der Waals surface area contributed by atoms with Crippen LogP contribution in [0.2, 0.25) is 0 Å². The van der Waals surface area contributed by atoms with Gasteiger partial charge in [-0.1, -0.05) is 12.1 Å². The number of furan rings is 1. The average Bonchev–Trinajstić information content (AvgIpc) is 2.95. The Morgan fingerprint density at radius 3 is 2.94 bits per heavy atom. The fourth-order valence-electron chi connectivity index (χ4n) is 1.88. The summed E-state index contributed by atoms with van der Waals surface area (Å²) in [6.45, 7) is 1.82. The van der Waals surface area contributed by atoms with Crippen LogP contribution in [0.5, 0.6) is 0 Å². The summed E-state index contributed by atoms with van der Waals surface area (Å²) in [5.41, 5.74) is 2.60. The van der Waals surface area contributed by atoms with Crippen LogP contribution in [-0.4, -0.2) is 10.1 Å². The number of halogens is 1. The molecular formula is C13H10FNO2S. The minimum Gasteiger partial charge on any atom is -0.455 e. The van der Waals surface area contributed by atoms with Gasteiger partial charge in [-0.25, -0.2) is 9.37 Å². The molecule has 3 aromatic rings. The van der Waals surface area contributed by atoms with Gasteiger partial charge >= 0.3 is 0 Å². The van der Waals surface area contributed by atoms with Crippen LogP contribution in [-0.2, 0) is 0 Å². The van der Waals surface area contributed by atoms with Crippen molar-refractivity contribution in [2.45, 2.75) is 13.0 Å². The number of fused-ring (bicyclic) bond motifs is 1. The lowest BCUT2D eigenvalue weighted by Gasteiger charge is -2.04. The monoisotopic (exact) mass is 263 g/mol. The van der Waals surface area contributed by atoms with Crippen molar-refractivity contribution in [2.75, 3.05) is 0 Å². The molecule has 0 radical (unpaired) electrons. The molecule has 2 aromatic heterocycles. The van der Waals surface area contributed by atoms with E-state index in [1.165, 1.54) is 17.4 Å². The Morgan fingerprint density at radius 2 is 2.28 bits per heavy atom. The van der Waals surface area contributed by atoms with E-state index < -0.39 is 11.9 Å². The fourth-order valence-corrected chi connectivity index (χ4v) is 2.68. The first-order valence-electron chi connectivity index (χ1n) is 5.43. The second-order valence-corrected chi connectivity index (χ2v) is 4.90. The molecular weight excluding hydrogens is 253 g/mol. The summed E-state index contributed by atoms with van der Waals surface area (Å²) in [5, 5.41) is 10.9. The summed E-state index contributed by atoms with van der Waals surface area (Å²) in [7, 11) is 0. The van der Waals surface area contributed by atoms with E-state index >= 15 is 0 Å². The van der Waals surface area contributed by atoms with E-state index in [1.807, 2.05) is 6.92 Å². The zero-order chi connectivity index (χ0) is 12.7. The minimum atomic E-state index is -0.899. The number of benzene rings is 1. The lowest BCUT2D eigenvalue weighted by Crippen LogP contribution is -1.97. The quantitative estimate of drug-likeness (QED) is 0.770. The van der Waals surface area contributed by atoms with Crippen LogP contribution in [0.3, 0.4) is 0 Å². The van der Waals surface area contributed by atoms with E-state index in [4.69, 9.17) is 4.42 Å². The van der Waals surface area contributed by atoms with Crippen molar-refractivity contribution >= 4 is 22.3 Å². The molecule has 0 aliphatic carbocycles. The highest BCUT2D eigenvalue weighted by atomic mass is 32.1. The van der Waals surface area contributed by atoms with Crippen molar-refractivity contribution < 1.29 is 13.9 Å². The SMILES string of the molecule is Cc1ncsc1C(O)c1cc2cccc(F)c2o1. The largest absolute Gasteiger partial charge is 0.455 e. The standard InChI is InChI=1S/C13H10FNO2S/c1-7-13(18-6-15-7)11(16)10-5-8-3-2-4-9(14)12(8)17-10/h2-6,11,16H,1H3. The molecule has 92 valence electrons. The van der Waals surface area contributed by atoms with Crippen LogP contribution in [0.4, 0.5) is 4.39 Å². The molecule has 18 heavy (non-hydrogen) atoms. The molecule has 0 saturated heterocycles. The summed E-state index contributed by atoms with van der Waals surface area (Å²) in [5.74, 6) is -0.0885. The number of aromatic nitrogens is 1. The van der Waals surface area contributed by atoms with E-state index in [0.717, 1.165) is 10.6 Å². The van der Waals surface area contributed by atoms with Gasteiger partial charge in [0.15, 0.2) is 11.4 Å². The Balaban J connectivity index is 2.10. The Hall–Kier alpha value is -1.72. The summed E-state index contributed by atoms with van der Waals surface area (Å²) in [6, 6.07) is 6.35. The highest BCUT2D eigenvalue weighted by Gasteiger charge is 2.20. The molecule has 0 spiro atoms. The van der Waals surface area contributed by atoms with E-state index in [1.54, 1.807) is 23.7 Å². The van der Waals surface area contributed by atoms with Crippen molar-refractivity contribution in [3.8, 4) is 0 Å². The molecule has 5 heteroatoms. The Labute approximate surface area is 107 Å². The number of para-hydroxylation sites is 1. The van der Waals surface area contributed by atoms with Crippen LogP contribution in [0.1, 0.15) is 22.4 Å². The number of hydrogen-bond acceptors (Lipinski definition) is 4. The van der Waals surface area contributed by atoms with Crippen LogP contribution >= 0.6 is 11.3 Å². The lowest BCUT2D eigenvalue weighted by molar-refractivity contribution is 0.194. The summed E-state index contributed by atoms with van der Waals surface area (Å²) >= 11 is 1.35. The molecule has 0 fully saturated rings. The third kappa shape index (κ3) is 1.72. The number of rotatable bonds is 2. The van der Waals surface area contributed by atoms with Gasteiger partial charge in [0.05, 0.1) is 16.1 Å². The van der Waals surface area contributed by atoms with Crippen LogP contribution < -0.4 is 0 Å². The highest BCUT2D eigenvalue weighted by molar-refractivity contribution is 7.09. The van der Waals surface area contributed by atoms with Gasteiger partial charge in [-0.2, -0.15) is 0 Å². The van der Waals surface area contributed by atoms with E-state index in [9.17, 15) is 9.50 Å². The average molecular weight is 263 g/mol. The van der Waals surface area contributed by atoms with Gasteiger partial charge in [-0.05, 0) is 19.1 Å². The Kier molecular flexibility index (Phi) is 2.65. The van der Waals surface area contributed by atoms with Crippen molar-refractivity contribution in [2.24, 2.45) is 0 Å². The molecule has 1 unspecified atom stereocenters. The Morgan fingerprint density at radius 1 is 1.44 bits per heavy atom. The second kappa shape index (κ2) is 4.19. The van der Waals surface area contributed by atoms with E-state index in [0.29, 0.717) is 11.1 Å². The van der Waals surface area contributed by atoms with Crippen LogP contribution in [0.25, 0.3) is 11.0 Å². The second-order valence-electron chi connectivity index (χ2n) is 4.01. The predicted molar refractivity (Wildman–Crippen MR) is 67.1 cm³/mol. The zero-order valence-electron chi connectivity index (χ0n) is 9.55. The Bertz CT molecular complexity index is 704. The first-order chi connectivity index (χ1) is 8.66. The number of aliphatic hydroxyl groups is 1. The molecule has 1 atom stereocenters. The molecule has 0 amide bonds. The van der Waals surface area contributed by atoms with E-state index in [2.05, 4.69) is 4.98 Å². The minimum absolute atomic E-state index is 0.175. The van der Waals surface area contributed by atoms with Gasteiger partial charge in [0.25, 0.3) is 0 Å². The van der Waals surface area contributed by atoms with Crippen molar-refractivity contribution in [3.05, 3.63) is 51.9 Å². The molecule has 1 aromatic carbocycles. The third-order valence-corrected chi connectivity index (χ3v) is 3.80. The summed E-state index contributed by atoms with van der Waals surface area (Å²) < 4.78 is 18.9. The number of thiazole rings is 1. The molecule has 0 saturated carbocycles. The smallest absolute Gasteiger partial charge is 0.170 e. The van der Waals surface area contributed by atoms with Crippen molar-refractivity contribution in [3.63, 3.8) is 0 Å². The molecule has 3 nitrogen and oxygen atoms in total. The van der Waals surface area contributed by atoms with Gasteiger partial charge in [0, 0.05) is 5.39 Å². The summed E-state index contributed by atoms with van der Waals surface area (Å²) in [4.78, 5) is 4.79. The van der Waals surface area contributed by atoms with Gasteiger partial charge < -0.3 is 9.52 Å². The maximum absolute atomic E-state index is 13.5. The predicted octanol–water partition coefficient (Wildman–Crippen LogP) is 3.42. The maximum atomic E-state index is 13.5. The van der Waals surface area contributed by atoms with Gasteiger partial charge in [-0.3, -0.25) is 0 Å². The molecule has 3 rings (SSSR count). The van der Waals surface area contributed by atoms with Gasteiger partial charge in [0.1, 0.15) is 11.9 Å².